The molecule has 2 fully saturated rings. The van der Waals surface area contributed by atoms with Crippen LogP contribution in [-0.4, -0.2) is 24.2 Å². The maximum absolute atomic E-state index is 14.2. The molecular weight excluding hydrogens is 315 g/mol. The summed E-state index contributed by atoms with van der Waals surface area (Å²) in [5.74, 6) is 0.819. The smallest absolute Gasteiger partial charge is 0.220 e. The van der Waals surface area contributed by atoms with Crippen molar-refractivity contribution in [3.8, 4) is 16.9 Å². The Kier molecular flexibility index (Phi) is 4.55. The number of benzene rings is 1. The predicted molar refractivity (Wildman–Crippen MR) is 90.7 cm³/mol. The van der Waals surface area contributed by atoms with Crippen LogP contribution in [0.3, 0.4) is 0 Å². The van der Waals surface area contributed by atoms with Gasteiger partial charge in [0, 0.05) is 29.8 Å². The maximum atomic E-state index is 14.2. The van der Waals surface area contributed by atoms with Crippen LogP contribution in [0.25, 0.3) is 11.1 Å². The fourth-order valence-corrected chi connectivity index (χ4v) is 3.83. The molecule has 2 aliphatic heterocycles. The van der Waals surface area contributed by atoms with Gasteiger partial charge in [0.05, 0.1) is 7.11 Å². The van der Waals surface area contributed by atoms with Gasteiger partial charge in [-0.25, -0.2) is 4.98 Å². The number of nitrogens with one attached hydrogen (secondary N) is 1. The van der Waals surface area contributed by atoms with E-state index >= 15 is 0 Å². The Bertz CT molecular complexity index is 692. The lowest BCUT2D eigenvalue weighted by Crippen LogP contribution is -2.21. The minimum Gasteiger partial charge on any atom is -0.497 e. The number of aromatic nitrogens is 1. The van der Waals surface area contributed by atoms with Gasteiger partial charge in [-0.2, -0.15) is 4.39 Å². The minimum absolute atomic E-state index is 0. The first-order valence-electron chi connectivity index (χ1n) is 7.80. The Hall–Kier alpha value is -1.65. The molecule has 5 heteroatoms. The van der Waals surface area contributed by atoms with Crippen molar-refractivity contribution >= 4 is 12.4 Å². The highest BCUT2D eigenvalue weighted by Gasteiger charge is 2.39. The van der Waals surface area contributed by atoms with Crippen LogP contribution in [0.2, 0.25) is 0 Å². The van der Waals surface area contributed by atoms with Crippen LogP contribution in [-0.2, 0) is 0 Å². The first kappa shape index (κ1) is 16.2. The van der Waals surface area contributed by atoms with E-state index in [1.54, 1.807) is 13.3 Å². The van der Waals surface area contributed by atoms with E-state index in [-0.39, 0.29) is 12.4 Å². The Morgan fingerprint density at radius 1 is 1.22 bits per heavy atom. The topological polar surface area (TPSA) is 34.1 Å². The molecule has 3 heterocycles. The number of rotatable bonds is 3. The Labute approximate surface area is 141 Å². The third-order valence-corrected chi connectivity index (χ3v) is 4.99. The third-order valence-electron chi connectivity index (χ3n) is 4.99. The molecule has 1 N–H and O–H groups in total. The van der Waals surface area contributed by atoms with Crippen molar-refractivity contribution in [2.24, 2.45) is 0 Å². The standard InChI is InChI=1S/C18H19FN2O.ClH/c1-22-14-5-2-11(3-6-14)16-8-12(10-20-18(16)19)15-9-13-4-7-17(15)21-13;/h2-3,5-6,8,10,13,15,17,21H,4,7,9H2,1H3;1H/t13-,15+,17+;/m0./s1. The molecule has 0 spiro atoms. The highest BCUT2D eigenvalue weighted by Crippen LogP contribution is 2.40. The summed E-state index contributed by atoms with van der Waals surface area (Å²) in [6.07, 6.45) is 5.32. The molecule has 1 aromatic heterocycles. The van der Waals surface area contributed by atoms with E-state index in [1.165, 1.54) is 12.8 Å². The summed E-state index contributed by atoms with van der Waals surface area (Å²) >= 11 is 0. The van der Waals surface area contributed by atoms with Crippen molar-refractivity contribution < 1.29 is 9.13 Å². The van der Waals surface area contributed by atoms with Gasteiger partial charge in [0.15, 0.2) is 0 Å². The summed E-state index contributed by atoms with van der Waals surface area (Å²) in [6, 6.07) is 10.6. The molecule has 0 amide bonds. The molecule has 2 saturated heterocycles. The lowest BCUT2D eigenvalue weighted by molar-refractivity contribution is 0.415. The normalized spacial score (nSPS) is 25.2. The van der Waals surface area contributed by atoms with Gasteiger partial charge in [-0.05, 0) is 48.6 Å². The highest BCUT2D eigenvalue weighted by atomic mass is 35.5. The summed E-state index contributed by atoms with van der Waals surface area (Å²) in [6.45, 7) is 0. The number of fused-ring (bicyclic) bond motifs is 2. The van der Waals surface area contributed by atoms with Gasteiger partial charge in [0.2, 0.25) is 5.95 Å². The Balaban J connectivity index is 0.00000156. The van der Waals surface area contributed by atoms with Crippen LogP contribution < -0.4 is 10.1 Å². The second-order valence-corrected chi connectivity index (χ2v) is 6.23. The molecule has 0 aliphatic carbocycles. The summed E-state index contributed by atoms with van der Waals surface area (Å²) in [4.78, 5) is 4.00. The molecule has 2 aromatic rings. The molecule has 0 saturated carbocycles. The zero-order valence-electron chi connectivity index (χ0n) is 13.0. The molecule has 2 aliphatic rings. The highest BCUT2D eigenvalue weighted by molar-refractivity contribution is 5.85. The molecule has 122 valence electrons. The number of methoxy groups -OCH3 is 1. The van der Waals surface area contributed by atoms with Gasteiger partial charge in [-0.15, -0.1) is 12.4 Å². The van der Waals surface area contributed by atoms with Crippen LogP contribution >= 0.6 is 12.4 Å². The first-order chi connectivity index (χ1) is 10.7. The Morgan fingerprint density at radius 3 is 2.61 bits per heavy atom. The van der Waals surface area contributed by atoms with Crippen molar-refractivity contribution in [3.63, 3.8) is 0 Å². The molecule has 0 unspecified atom stereocenters. The summed E-state index contributed by atoms with van der Waals surface area (Å²) in [7, 11) is 1.62. The van der Waals surface area contributed by atoms with Crippen LogP contribution in [0.1, 0.15) is 30.7 Å². The van der Waals surface area contributed by atoms with E-state index in [2.05, 4.69) is 10.3 Å². The van der Waals surface area contributed by atoms with Gasteiger partial charge >= 0.3 is 0 Å². The third kappa shape index (κ3) is 2.93. The second kappa shape index (κ2) is 6.46. The van der Waals surface area contributed by atoms with Crippen molar-refractivity contribution in [2.45, 2.75) is 37.3 Å². The average Bonchev–Trinajstić information content (AvgIpc) is 3.19. The summed E-state index contributed by atoms with van der Waals surface area (Å²) in [5, 5.41) is 3.63. The molecule has 0 radical (unpaired) electrons. The SMILES string of the molecule is COc1ccc(-c2cc([C@H]3C[C@@H]4CC[C@H]3N4)cnc2F)cc1.Cl. The fourth-order valence-electron chi connectivity index (χ4n) is 3.83. The number of pyridine rings is 1. The number of ether oxygens (including phenoxy) is 1. The summed E-state index contributed by atoms with van der Waals surface area (Å²) < 4.78 is 19.3. The van der Waals surface area contributed by atoms with E-state index in [1.807, 2.05) is 30.3 Å². The molecule has 3 atom stereocenters. The van der Waals surface area contributed by atoms with Gasteiger partial charge in [0.1, 0.15) is 5.75 Å². The quantitative estimate of drug-likeness (QED) is 0.864. The van der Waals surface area contributed by atoms with Gasteiger partial charge in [-0.1, -0.05) is 12.1 Å². The minimum atomic E-state index is -0.412. The van der Waals surface area contributed by atoms with E-state index in [4.69, 9.17) is 4.74 Å². The molecule has 4 rings (SSSR count). The van der Waals surface area contributed by atoms with Crippen molar-refractivity contribution in [1.82, 2.24) is 10.3 Å². The van der Waals surface area contributed by atoms with E-state index < -0.39 is 5.95 Å². The monoisotopic (exact) mass is 334 g/mol. The second-order valence-electron chi connectivity index (χ2n) is 6.23. The predicted octanol–water partition coefficient (Wildman–Crippen LogP) is 3.93. The number of halogens is 2. The van der Waals surface area contributed by atoms with Gasteiger partial charge in [-0.3, -0.25) is 0 Å². The van der Waals surface area contributed by atoms with E-state index in [0.717, 1.165) is 23.3 Å². The average molecular weight is 335 g/mol. The van der Waals surface area contributed by atoms with Crippen molar-refractivity contribution in [3.05, 3.63) is 48.0 Å². The largest absolute Gasteiger partial charge is 0.497 e. The molecule has 2 bridgehead atoms. The van der Waals surface area contributed by atoms with Crippen molar-refractivity contribution in [2.75, 3.05) is 7.11 Å². The Morgan fingerprint density at radius 2 is 2.00 bits per heavy atom. The maximum Gasteiger partial charge on any atom is 0.220 e. The zero-order chi connectivity index (χ0) is 15.1. The molecule has 23 heavy (non-hydrogen) atoms. The van der Waals surface area contributed by atoms with E-state index in [0.29, 0.717) is 23.6 Å². The number of hydrogen-bond donors (Lipinski definition) is 1. The van der Waals surface area contributed by atoms with Gasteiger partial charge < -0.3 is 10.1 Å². The fraction of sp³-hybridized carbons (Fsp3) is 0.389. The zero-order valence-corrected chi connectivity index (χ0v) is 13.8. The lowest BCUT2D eigenvalue weighted by atomic mass is 9.84. The molecule has 1 aromatic carbocycles. The van der Waals surface area contributed by atoms with Crippen LogP contribution in [0.15, 0.2) is 36.5 Å². The lowest BCUT2D eigenvalue weighted by Gasteiger charge is -2.20. The molecule has 3 nitrogen and oxygen atoms in total. The van der Waals surface area contributed by atoms with E-state index in [9.17, 15) is 4.39 Å². The number of nitrogens with zero attached hydrogens (tertiary/aromatic N) is 1. The van der Waals surface area contributed by atoms with Crippen LogP contribution in [0, 0.1) is 5.95 Å². The summed E-state index contributed by atoms with van der Waals surface area (Å²) in [5.41, 5.74) is 2.55. The number of hydrogen-bond acceptors (Lipinski definition) is 3. The first-order valence-corrected chi connectivity index (χ1v) is 7.80. The van der Waals surface area contributed by atoms with Crippen LogP contribution in [0.4, 0.5) is 4.39 Å². The van der Waals surface area contributed by atoms with Crippen LogP contribution in [0.5, 0.6) is 5.75 Å². The van der Waals surface area contributed by atoms with Gasteiger partial charge in [0.25, 0.3) is 0 Å². The van der Waals surface area contributed by atoms with Crippen molar-refractivity contribution in [1.29, 1.82) is 0 Å². The molecular formula is C18H20ClFN2O.